The van der Waals surface area contributed by atoms with Crippen molar-refractivity contribution in [2.75, 3.05) is 32.7 Å². The molecule has 1 unspecified atom stereocenters. The average molecular weight is 255 g/mol. The van der Waals surface area contributed by atoms with Gasteiger partial charge in [-0.2, -0.15) is 0 Å². The van der Waals surface area contributed by atoms with Gasteiger partial charge < -0.3 is 10.6 Å². The molecule has 1 amide bonds. The average Bonchev–Trinajstić information content (AvgIpc) is 2.28. The topological polar surface area (TPSA) is 44.4 Å². The van der Waals surface area contributed by atoms with Gasteiger partial charge in [0.1, 0.15) is 0 Å². The van der Waals surface area contributed by atoms with Crippen LogP contribution in [0.4, 0.5) is 0 Å². The van der Waals surface area contributed by atoms with Gasteiger partial charge in [0.25, 0.3) is 0 Å². The maximum absolute atomic E-state index is 11.8. The number of amides is 1. The Hall–Kier alpha value is -0.610. The van der Waals surface area contributed by atoms with Crippen molar-refractivity contribution in [1.29, 1.82) is 0 Å². The Morgan fingerprint density at radius 2 is 1.94 bits per heavy atom. The second kappa shape index (κ2) is 7.10. The van der Waals surface area contributed by atoms with Gasteiger partial charge in [0.15, 0.2) is 0 Å². The smallest absolute Gasteiger partial charge is 0.221 e. The molecular formula is C14H29N3O. The molecule has 1 heterocycles. The molecule has 1 fully saturated rings. The van der Waals surface area contributed by atoms with E-state index in [0.717, 1.165) is 39.1 Å². The van der Waals surface area contributed by atoms with Crippen LogP contribution in [0.15, 0.2) is 0 Å². The number of piperazine rings is 1. The fourth-order valence-corrected chi connectivity index (χ4v) is 2.17. The van der Waals surface area contributed by atoms with E-state index in [1.165, 1.54) is 0 Å². The van der Waals surface area contributed by atoms with Crippen LogP contribution in [0.25, 0.3) is 0 Å². The Kier molecular flexibility index (Phi) is 6.09. The molecule has 0 aromatic rings. The zero-order chi connectivity index (χ0) is 13.6. The van der Waals surface area contributed by atoms with Crippen LogP contribution in [0.5, 0.6) is 0 Å². The number of carbonyl (C=O) groups is 1. The Bertz CT molecular complexity index is 254. The number of nitrogens with one attached hydrogen (secondary N) is 2. The number of hydrogen-bond acceptors (Lipinski definition) is 3. The maximum Gasteiger partial charge on any atom is 0.221 e. The predicted octanol–water partition coefficient (Wildman–Crippen LogP) is 1.22. The molecule has 1 aliphatic heterocycles. The maximum atomic E-state index is 11.8. The van der Waals surface area contributed by atoms with Crippen LogP contribution in [0.2, 0.25) is 0 Å². The molecule has 0 aromatic carbocycles. The predicted molar refractivity (Wildman–Crippen MR) is 75.6 cm³/mol. The fourth-order valence-electron chi connectivity index (χ4n) is 2.17. The highest BCUT2D eigenvalue weighted by Crippen LogP contribution is 2.17. The third kappa shape index (κ3) is 6.36. The SMILES string of the molecule is CC(CC(=O)NCCC(C)(C)C)N1CCNCC1. The van der Waals surface area contributed by atoms with Crippen molar-refractivity contribution in [3.63, 3.8) is 0 Å². The van der Waals surface area contributed by atoms with Crippen molar-refractivity contribution in [1.82, 2.24) is 15.5 Å². The van der Waals surface area contributed by atoms with Gasteiger partial charge >= 0.3 is 0 Å². The Balaban J connectivity index is 2.18. The lowest BCUT2D eigenvalue weighted by molar-refractivity contribution is -0.122. The van der Waals surface area contributed by atoms with E-state index in [-0.39, 0.29) is 11.3 Å². The molecule has 0 aliphatic carbocycles. The zero-order valence-corrected chi connectivity index (χ0v) is 12.4. The van der Waals surface area contributed by atoms with Crippen molar-refractivity contribution in [2.45, 2.75) is 46.6 Å². The number of nitrogens with zero attached hydrogens (tertiary/aromatic N) is 1. The van der Waals surface area contributed by atoms with E-state index >= 15 is 0 Å². The van der Waals surface area contributed by atoms with Gasteiger partial charge in [0.2, 0.25) is 5.91 Å². The summed E-state index contributed by atoms with van der Waals surface area (Å²) in [6, 6.07) is 0.349. The molecule has 0 saturated carbocycles. The van der Waals surface area contributed by atoms with Crippen LogP contribution >= 0.6 is 0 Å². The monoisotopic (exact) mass is 255 g/mol. The summed E-state index contributed by atoms with van der Waals surface area (Å²) in [4.78, 5) is 14.2. The van der Waals surface area contributed by atoms with Crippen molar-refractivity contribution in [3.05, 3.63) is 0 Å². The van der Waals surface area contributed by atoms with Crippen molar-refractivity contribution < 1.29 is 4.79 Å². The van der Waals surface area contributed by atoms with E-state index in [9.17, 15) is 4.79 Å². The molecule has 18 heavy (non-hydrogen) atoms. The first kappa shape index (κ1) is 15.4. The second-order valence-electron chi connectivity index (χ2n) is 6.50. The Morgan fingerprint density at radius 1 is 1.33 bits per heavy atom. The molecule has 4 nitrogen and oxygen atoms in total. The molecule has 1 atom stereocenters. The third-order valence-corrected chi connectivity index (χ3v) is 3.45. The molecule has 0 aromatic heterocycles. The largest absolute Gasteiger partial charge is 0.356 e. The molecular weight excluding hydrogens is 226 g/mol. The van der Waals surface area contributed by atoms with E-state index in [2.05, 4.69) is 43.2 Å². The fraction of sp³-hybridized carbons (Fsp3) is 0.929. The molecule has 0 spiro atoms. The molecule has 0 radical (unpaired) electrons. The van der Waals surface area contributed by atoms with E-state index in [0.29, 0.717) is 12.5 Å². The summed E-state index contributed by atoms with van der Waals surface area (Å²) in [5, 5.41) is 6.36. The van der Waals surface area contributed by atoms with Crippen molar-refractivity contribution in [3.8, 4) is 0 Å². The van der Waals surface area contributed by atoms with Gasteiger partial charge in [0.05, 0.1) is 0 Å². The van der Waals surface area contributed by atoms with Gasteiger partial charge in [-0.05, 0) is 18.8 Å². The van der Waals surface area contributed by atoms with Crippen molar-refractivity contribution >= 4 is 5.91 Å². The molecule has 1 aliphatic rings. The third-order valence-electron chi connectivity index (χ3n) is 3.45. The van der Waals surface area contributed by atoms with Crippen LogP contribution < -0.4 is 10.6 Å². The standard InChI is InChI=1S/C14H29N3O/c1-12(17-9-7-15-8-10-17)11-13(18)16-6-5-14(2,3)4/h12,15H,5-11H2,1-4H3,(H,16,18). The first-order chi connectivity index (χ1) is 8.38. The van der Waals surface area contributed by atoms with Crippen LogP contribution in [-0.2, 0) is 4.79 Å². The summed E-state index contributed by atoms with van der Waals surface area (Å²) in [5.41, 5.74) is 0.289. The Labute approximate surface area is 111 Å². The highest BCUT2D eigenvalue weighted by molar-refractivity contribution is 5.76. The minimum Gasteiger partial charge on any atom is -0.356 e. The molecule has 106 valence electrons. The van der Waals surface area contributed by atoms with Crippen LogP contribution in [-0.4, -0.2) is 49.6 Å². The molecule has 1 rings (SSSR count). The first-order valence-corrected chi connectivity index (χ1v) is 7.10. The van der Waals surface area contributed by atoms with Crippen LogP contribution in [0.3, 0.4) is 0 Å². The van der Waals surface area contributed by atoms with Crippen molar-refractivity contribution in [2.24, 2.45) is 5.41 Å². The van der Waals surface area contributed by atoms with E-state index in [1.807, 2.05) is 0 Å². The van der Waals surface area contributed by atoms with E-state index < -0.39 is 0 Å². The van der Waals surface area contributed by atoms with Gasteiger partial charge in [-0.25, -0.2) is 0 Å². The molecule has 2 N–H and O–H groups in total. The summed E-state index contributed by atoms with van der Waals surface area (Å²) in [7, 11) is 0. The van der Waals surface area contributed by atoms with Gasteiger partial charge in [0, 0.05) is 45.2 Å². The summed E-state index contributed by atoms with van der Waals surface area (Å²) in [6.45, 7) is 13.7. The number of hydrogen-bond donors (Lipinski definition) is 2. The zero-order valence-electron chi connectivity index (χ0n) is 12.4. The minimum atomic E-state index is 0.185. The summed E-state index contributed by atoms with van der Waals surface area (Å²) in [6.07, 6.45) is 1.64. The van der Waals surface area contributed by atoms with Gasteiger partial charge in [-0.15, -0.1) is 0 Å². The highest BCUT2D eigenvalue weighted by atomic mass is 16.1. The second-order valence-corrected chi connectivity index (χ2v) is 6.50. The van der Waals surface area contributed by atoms with Gasteiger partial charge in [-0.1, -0.05) is 20.8 Å². The molecule has 4 heteroatoms. The lowest BCUT2D eigenvalue weighted by Crippen LogP contribution is -2.48. The quantitative estimate of drug-likeness (QED) is 0.776. The molecule has 1 saturated heterocycles. The summed E-state index contributed by atoms with van der Waals surface area (Å²) >= 11 is 0. The lowest BCUT2D eigenvalue weighted by Gasteiger charge is -2.32. The molecule has 0 bridgehead atoms. The minimum absolute atomic E-state index is 0.185. The number of carbonyl (C=O) groups excluding carboxylic acids is 1. The lowest BCUT2D eigenvalue weighted by atomic mass is 9.92. The van der Waals surface area contributed by atoms with E-state index in [4.69, 9.17) is 0 Å². The van der Waals surface area contributed by atoms with Gasteiger partial charge in [-0.3, -0.25) is 9.69 Å². The Morgan fingerprint density at radius 3 is 2.50 bits per heavy atom. The first-order valence-electron chi connectivity index (χ1n) is 7.10. The van der Waals surface area contributed by atoms with Crippen LogP contribution in [0.1, 0.15) is 40.5 Å². The normalized spacial score (nSPS) is 19.6. The van der Waals surface area contributed by atoms with Crippen LogP contribution in [0, 0.1) is 5.41 Å². The summed E-state index contributed by atoms with van der Waals surface area (Å²) < 4.78 is 0. The number of rotatable bonds is 5. The van der Waals surface area contributed by atoms with E-state index in [1.54, 1.807) is 0 Å². The highest BCUT2D eigenvalue weighted by Gasteiger charge is 2.19. The summed E-state index contributed by atoms with van der Waals surface area (Å²) in [5.74, 6) is 0.185.